The number of thiocarbonyl (C=S) groups is 1. The Hall–Kier alpha value is -2.93. The van der Waals surface area contributed by atoms with Gasteiger partial charge in [-0.25, -0.2) is 0 Å². The molecule has 164 valence electrons. The van der Waals surface area contributed by atoms with E-state index in [-0.39, 0.29) is 16.9 Å². The van der Waals surface area contributed by atoms with Gasteiger partial charge in [-0.1, -0.05) is 25.8 Å². The lowest BCUT2D eigenvalue weighted by atomic mass is 10.1. The van der Waals surface area contributed by atoms with E-state index in [1.54, 1.807) is 30.3 Å². The number of anilines is 1. The average molecular weight is 440 g/mol. The van der Waals surface area contributed by atoms with Gasteiger partial charge in [0, 0.05) is 29.9 Å². The van der Waals surface area contributed by atoms with E-state index in [9.17, 15) is 9.59 Å². The molecule has 0 spiro atoms. The van der Waals surface area contributed by atoms with Gasteiger partial charge in [-0.05, 0) is 73.9 Å². The highest BCUT2D eigenvalue weighted by molar-refractivity contribution is 7.80. The molecule has 0 atom stereocenters. The fourth-order valence-electron chi connectivity index (χ4n) is 3.45. The van der Waals surface area contributed by atoms with Gasteiger partial charge in [-0.2, -0.15) is 0 Å². The minimum Gasteiger partial charge on any atom is -0.494 e. The largest absolute Gasteiger partial charge is 0.494 e. The maximum absolute atomic E-state index is 12.8. The van der Waals surface area contributed by atoms with Crippen LogP contribution in [0.4, 0.5) is 5.69 Å². The number of rotatable bonds is 6. The third-order valence-electron chi connectivity index (χ3n) is 5.08. The topological polar surface area (TPSA) is 70.7 Å². The van der Waals surface area contributed by atoms with Gasteiger partial charge in [0.05, 0.1) is 6.61 Å². The number of carbonyl (C=O) groups is 2. The molecular weight excluding hydrogens is 410 g/mol. The Bertz CT molecular complexity index is 907. The van der Waals surface area contributed by atoms with E-state index in [1.165, 1.54) is 12.8 Å². The zero-order valence-corrected chi connectivity index (χ0v) is 18.7. The van der Waals surface area contributed by atoms with Crippen molar-refractivity contribution in [3.63, 3.8) is 0 Å². The van der Waals surface area contributed by atoms with E-state index < -0.39 is 0 Å². The first-order valence-electron chi connectivity index (χ1n) is 10.8. The summed E-state index contributed by atoms with van der Waals surface area (Å²) < 4.78 is 5.53. The molecule has 0 aliphatic carbocycles. The van der Waals surface area contributed by atoms with Crippen molar-refractivity contribution in [2.75, 3.05) is 25.0 Å². The second-order valence-corrected chi connectivity index (χ2v) is 7.98. The van der Waals surface area contributed by atoms with Crippen LogP contribution in [0.25, 0.3) is 0 Å². The van der Waals surface area contributed by atoms with Gasteiger partial charge in [0.2, 0.25) is 0 Å². The Labute approximate surface area is 189 Å². The molecule has 2 amide bonds. The molecule has 1 heterocycles. The lowest BCUT2D eigenvalue weighted by Crippen LogP contribution is -2.34. The number of nitrogens with zero attached hydrogens (tertiary/aromatic N) is 1. The molecule has 0 radical (unpaired) electrons. The van der Waals surface area contributed by atoms with Gasteiger partial charge < -0.3 is 15.0 Å². The van der Waals surface area contributed by atoms with E-state index in [0.717, 1.165) is 38.1 Å². The summed E-state index contributed by atoms with van der Waals surface area (Å²) in [6.45, 7) is 4.27. The SMILES string of the molecule is CCCOc1ccc(C(=O)NC(=S)Nc2cccc(C(=O)N3CCCCCC3)c2)cc1. The van der Waals surface area contributed by atoms with Crippen molar-refractivity contribution < 1.29 is 14.3 Å². The number of likely N-dealkylation sites (tertiary alicyclic amines) is 1. The van der Waals surface area contributed by atoms with Crippen LogP contribution in [0.3, 0.4) is 0 Å². The van der Waals surface area contributed by atoms with Crippen molar-refractivity contribution in [2.45, 2.75) is 39.0 Å². The molecular formula is C24H29N3O3S. The van der Waals surface area contributed by atoms with Crippen LogP contribution in [0.2, 0.25) is 0 Å². The normalized spacial score (nSPS) is 13.8. The molecule has 7 heteroatoms. The Kier molecular flexibility index (Phi) is 8.41. The van der Waals surface area contributed by atoms with Crippen LogP contribution in [-0.4, -0.2) is 41.5 Å². The summed E-state index contributed by atoms with van der Waals surface area (Å²) in [5.74, 6) is 0.451. The van der Waals surface area contributed by atoms with Gasteiger partial charge in [-0.3, -0.25) is 14.9 Å². The highest BCUT2D eigenvalue weighted by Crippen LogP contribution is 2.17. The molecule has 1 aliphatic heterocycles. The van der Waals surface area contributed by atoms with Crippen molar-refractivity contribution in [3.05, 3.63) is 59.7 Å². The van der Waals surface area contributed by atoms with E-state index in [2.05, 4.69) is 10.6 Å². The Morgan fingerprint density at radius 1 is 1.00 bits per heavy atom. The van der Waals surface area contributed by atoms with Crippen LogP contribution in [0.15, 0.2) is 48.5 Å². The quantitative estimate of drug-likeness (QED) is 0.643. The third-order valence-corrected chi connectivity index (χ3v) is 5.28. The van der Waals surface area contributed by atoms with E-state index in [1.807, 2.05) is 30.0 Å². The third kappa shape index (κ3) is 6.79. The lowest BCUT2D eigenvalue weighted by Gasteiger charge is -2.20. The minimum atomic E-state index is -0.309. The summed E-state index contributed by atoms with van der Waals surface area (Å²) in [4.78, 5) is 27.2. The van der Waals surface area contributed by atoms with E-state index in [4.69, 9.17) is 17.0 Å². The lowest BCUT2D eigenvalue weighted by molar-refractivity contribution is 0.0761. The predicted molar refractivity (Wildman–Crippen MR) is 127 cm³/mol. The number of nitrogens with one attached hydrogen (secondary N) is 2. The van der Waals surface area contributed by atoms with Gasteiger partial charge >= 0.3 is 0 Å². The molecule has 2 N–H and O–H groups in total. The first kappa shape index (κ1) is 22.7. The van der Waals surface area contributed by atoms with Crippen LogP contribution in [0.5, 0.6) is 5.75 Å². The summed E-state index contributed by atoms with van der Waals surface area (Å²) in [5.41, 5.74) is 1.76. The highest BCUT2D eigenvalue weighted by Gasteiger charge is 2.17. The Balaban J connectivity index is 1.57. The predicted octanol–water partition coefficient (Wildman–Crippen LogP) is 4.62. The number of benzene rings is 2. The maximum atomic E-state index is 12.8. The van der Waals surface area contributed by atoms with Gasteiger partial charge in [0.25, 0.3) is 11.8 Å². The number of ether oxygens (including phenoxy) is 1. The van der Waals surface area contributed by atoms with Crippen molar-refractivity contribution in [2.24, 2.45) is 0 Å². The molecule has 31 heavy (non-hydrogen) atoms. The molecule has 6 nitrogen and oxygen atoms in total. The molecule has 1 fully saturated rings. The molecule has 2 aromatic rings. The molecule has 0 aromatic heterocycles. The van der Waals surface area contributed by atoms with Crippen molar-refractivity contribution in [3.8, 4) is 5.75 Å². The first-order chi connectivity index (χ1) is 15.1. The smallest absolute Gasteiger partial charge is 0.257 e. The van der Waals surface area contributed by atoms with Crippen LogP contribution >= 0.6 is 12.2 Å². The summed E-state index contributed by atoms with van der Waals surface area (Å²) in [6.07, 6.45) is 5.37. The summed E-state index contributed by atoms with van der Waals surface area (Å²) in [7, 11) is 0. The molecule has 0 bridgehead atoms. The summed E-state index contributed by atoms with van der Waals surface area (Å²) in [6, 6.07) is 14.1. The Morgan fingerprint density at radius 3 is 2.39 bits per heavy atom. The molecule has 1 aliphatic rings. The fraction of sp³-hybridized carbons (Fsp3) is 0.375. The van der Waals surface area contributed by atoms with E-state index in [0.29, 0.717) is 23.4 Å². The van der Waals surface area contributed by atoms with Gasteiger partial charge in [0.15, 0.2) is 5.11 Å². The van der Waals surface area contributed by atoms with E-state index >= 15 is 0 Å². The second kappa shape index (κ2) is 11.5. The Morgan fingerprint density at radius 2 is 1.71 bits per heavy atom. The maximum Gasteiger partial charge on any atom is 0.257 e. The van der Waals surface area contributed by atoms with Gasteiger partial charge in [-0.15, -0.1) is 0 Å². The van der Waals surface area contributed by atoms with Crippen molar-refractivity contribution in [1.29, 1.82) is 0 Å². The number of carbonyl (C=O) groups excluding carboxylic acids is 2. The molecule has 2 aromatic carbocycles. The zero-order chi connectivity index (χ0) is 22.1. The molecule has 1 saturated heterocycles. The van der Waals surface area contributed by atoms with Crippen LogP contribution in [0.1, 0.15) is 59.7 Å². The van der Waals surface area contributed by atoms with Crippen LogP contribution < -0.4 is 15.4 Å². The summed E-state index contributed by atoms with van der Waals surface area (Å²) in [5, 5.41) is 5.85. The molecule has 0 saturated carbocycles. The fourth-order valence-corrected chi connectivity index (χ4v) is 3.66. The van der Waals surface area contributed by atoms with Crippen molar-refractivity contribution >= 4 is 34.8 Å². The molecule has 3 rings (SSSR count). The second-order valence-electron chi connectivity index (χ2n) is 7.57. The minimum absolute atomic E-state index is 0.0332. The monoisotopic (exact) mass is 439 g/mol. The summed E-state index contributed by atoms with van der Waals surface area (Å²) >= 11 is 5.28. The average Bonchev–Trinajstić information content (AvgIpc) is 3.07. The van der Waals surface area contributed by atoms with Crippen molar-refractivity contribution in [1.82, 2.24) is 10.2 Å². The number of hydrogen-bond acceptors (Lipinski definition) is 4. The number of amides is 2. The van der Waals surface area contributed by atoms with Crippen LogP contribution in [-0.2, 0) is 0 Å². The highest BCUT2D eigenvalue weighted by atomic mass is 32.1. The first-order valence-corrected chi connectivity index (χ1v) is 11.2. The molecule has 0 unspecified atom stereocenters. The number of hydrogen-bond donors (Lipinski definition) is 2. The standard InChI is InChI=1S/C24H29N3O3S/c1-2-16-30-21-12-10-18(11-13-21)22(28)26-24(31)25-20-9-7-8-19(17-20)23(29)27-14-5-3-4-6-15-27/h7-13,17H,2-6,14-16H2,1H3,(H2,25,26,28,31). The van der Waals surface area contributed by atoms with Gasteiger partial charge in [0.1, 0.15) is 5.75 Å². The van der Waals surface area contributed by atoms with Crippen LogP contribution in [0, 0.1) is 0 Å². The zero-order valence-electron chi connectivity index (χ0n) is 17.9.